The molecule has 0 spiro atoms. The van der Waals surface area contributed by atoms with Crippen LogP contribution in [0.1, 0.15) is 61.9 Å². The van der Waals surface area contributed by atoms with Crippen molar-refractivity contribution >= 4 is 21.9 Å². The summed E-state index contributed by atoms with van der Waals surface area (Å²) in [6, 6.07) is 1.40. The normalized spacial score (nSPS) is 20.5. The van der Waals surface area contributed by atoms with E-state index in [9.17, 15) is 18.0 Å². The highest BCUT2D eigenvalue weighted by molar-refractivity contribution is 7.89. The molecule has 2 aliphatic rings. The molecule has 1 saturated heterocycles. The number of esters is 1. The van der Waals surface area contributed by atoms with Crippen LogP contribution in [-0.2, 0) is 26.6 Å². The van der Waals surface area contributed by atoms with Gasteiger partial charge in [-0.1, -0.05) is 25.7 Å². The molecule has 9 heteroatoms. The number of aryl methyl sites for hydroxylation is 1. The van der Waals surface area contributed by atoms with Crippen LogP contribution in [0.4, 0.5) is 0 Å². The number of rotatable bonds is 5. The third-order valence-corrected chi connectivity index (χ3v) is 7.67. The van der Waals surface area contributed by atoms with Crippen LogP contribution < -0.4 is 5.32 Å². The Morgan fingerprint density at radius 2 is 1.68 bits per heavy atom. The third-order valence-electron chi connectivity index (χ3n) is 5.80. The highest BCUT2D eigenvalue weighted by Gasteiger charge is 2.42. The number of hydrogen-bond donors (Lipinski definition) is 1. The van der Waals surface area contributed by atoms with Gasteiger partial charge in [0.2, 0.25) is 10.0 Å². The number of nitrogens with one attached hydrogen (secondary N) is 1. The van der Waals surface area contributed by atoms with Crippen molar-refractivity contribution in [3.63, 3.8) is 0 Å². The molecule has 1 N–H and O–H groups in total. The fraction of sp³-hybridized carbons (Fsp3) is 0.684. The van der Waals surface area contributed by atoms with Gasteiger partial charge in [-0.2, -0.15) is 4.31 Å². The maximum Gasteiger partial charge on any atom is 0.331 e. The molecule has 0 radical (unpaired) electrons. The van der Waals surface area contributed by atoms with Gasteiger partial charge in [-0.25, -0.2) is 13.2 Å². The maximum absolute atomic E-state index is 12.9. The Labute approximate surface area is 166 Å². The van der Waals surface area contributed by atoms with E-state index in [0.29, 0.717) is 25.9 Å². The summed E-state index contributed by atoms with van der Waals surface area (Å²) in [6.45, 7) is 1.01. The summed E-state index contributed by atoms with van der Waals surface area (Å²) in [5.41, 5.74) is -0.829. The molecule has 1 aromatic heterocycles. The number of amides is 1. The lowest BCUT2D eigenvalue weighted by Gasteiger charge is -2.35. The SMILES string of the molecule is COC(=O)C1(NC(=O)c2cc(S(=O)(=O)N3CCCCC3)cn2C)CCCCC1. The van der Waals surface area contributed by atoms with E-state index in [1.54, 1.807) is 7.05 Å². The first kappa shape index (κ1) is 20.9. The maximum atomic E-state index is 12.9. The first-order valence-electron chi connectivity index (χ1n) is 9.88. The molecule has 2 heterocycles. The van der Waals surface area contributed by atoms with E-state index >= 15 is 0 Å². The van der Waals surface area contributed by atoms with Crippen LogP contribution >= 0.6 is 0 Å². The highest BCUT2D eigenvalue weighted by Crippen LogP contribution is 2.30. The standard InChI is InChI=1S/C19H29N3O5S/c1-21-14-15(28(25,26)22-11-7-4-8-12-22)13-16(21)17(23)20-19(18(24)27-2)9-5-3-6-10-19/h13-14H,3-12H2,1-2H3,(H,20,23). The minimum Gasteiger partial charge on any atom is -0.467 e. The van der Waals surface area contributed by atoms with Crippen LogP contribution in [0.2, 0.25) is 0 Å². The van der Waals surface area contributed by atoms with Crippen molar-refractivity contribution in [1.29, 1.82) is 0 Å². The first-order chi connectivity index (χ1) is 13.3. The van der Waals surface area contributed by atoms with Crippen LogP contribution in [-0.4, -0.2) is 54.9 Å². The average Bonchev–Trinajstić information content (AvgIpc) is 3.11. The first-order valence-corrected chi connectivity index (χ1v) is 11.3. The Balaban J connectivity index is 1.83. The Kier molecular flexibility index (Phi) is 6.14. The quantitative estimate of drug-likeness (QED) is 0.745. The van der Waals surface area contributed by atoms with Gasteiger partial charge in [0.25, 0.3) is 5.91 Å². The number of sulfonamides is 1. The molecule has 8 nitrogen and oxygen atoms in total. The highest BCUT2D eigenvalue weighted by atomic mass is 32.2. The van der Waals surface area contributed by atoms with Crippen molar-refractivity contribution in [2.24, 2.45) is 7.05 Å². The summed E-state index contributed by atoms with van der Waals surface area (Å²) in [7, 11) is -0.675. The molecular formula is C19H29N3O5S. The minimum absolute atomic E-state index is 0.109. The predicted molar refractivity (Wildman–Crippen MR) is 103 cm³/mol. The number of hydrogen-bond acceptors (Lipinski definition) is 5. The Morgan fingerprint density at radius 3 is 2.29 bits per heavy atom. The van der Waals surface area contributed by atoms with Crippen LogP contribution in [0, 0.1) is 0 Å². The molecule has 0 bridgehead atoms. The number of methoxy groups -OCH3 is 1. The fourth-order valence-electron chi connectivity index (χ4n) is 4.17. The van der Waals surface area contributed by atoms with Crippen LogP contribution in [0.3, 0.4) is 0 Å². The van der Waals surface area contributed by atoms with Gasteiger partial charge in [0.15, 0.2) is 0 Å². The summed E-state index contributed by atoms with van der Waals surface area (Å²) < 4.78 is 33.7. The lowest BCUT2D eigenvalue weighted by Crippen LogP contribution is -2.56. The minimum atomic E-state index is -3.63. The lowest BCUT2D eigenvalue weighted by molar-refractivity contribution is -0.149. The third kappa shape index (κ3) is 3.96. The van der Waals surface area contributed by atoms with E-state index in [1.165, 1.54) is 28.2 Å². The molecule has 0 atom stereocenters. The van der Waals surface area contributed by atoms with E-state index in [-0.39, 0.29) is 10.6 Å². The van der Waals surface area contributed by atoms with Crippen molar-refractivity contribution in [2.45, 2.75) is 61.8 Å². The second-order valence-corrected chi connectivity index (χ2v) is 9.66. The number of ether oxygens (including phenoxy) is 1. The molecule has 0 unspecified atom stereocenters. The molecule has 0 aromatic carbocycles. The molecule has 3 rings (SSSR count). The van der Waals surface area contributed by atoms with E-state index in [2.05, 4.69) is 5.32 Å². The fourth-order valence-corrected chi connectivity index (χ4v) is 5.76. The molecule has 1 amide bonds. The number of piperidine rings is 1. The van der Waals surface area contributed by atoms with Gasteiger partial charge in [0.05, 0.1) is 7.11 Å². The Bertz CT molecular complexity index is 834. The van der Waals surface area contributed by atoms with Crippen molar-refractivity contribution in [3.8, 4) is 0 Å². The Hall–Kier alpha value is -1.87. The zero-order valence-electron chi connectivity index (χ0n) is 16.6. The van der Waals surface area contributed by atoms with E-state index < -0.39 is 27.4 Å². The van der Waals surface area contributed by atoms with Gasteiger partial charge in [-0.15, -0.1) is 0 Å². The lowest BCUT2D eigenvalue weighted by atomic mass is 9.81. The molecule has 1 aliphatic heterocycles. The van der Waals surface area contributed by atoms with Crippen LogP contribution in [0.25, 0.3) is 0 Å². The topological polar surface area (TPSA) is 97.7 Å². The average molecular weight is 412 g/mol. The van der Waals surface area contributed by atoms with Crippen LogP contribution in [0.15, 0.2) is 17.2 Å². The van der Waals surface area contributed by atoms with Crippen molar-refractivity contribution in [1.82, 2.24) is 14.2 Å². The van der Waals surface area contributed by atoms with Crippen molar-refractivity contribution in [2.75, 3.05) is 20.2 Å². The number of nitrogens with zero attached hydrogens (tertiary/aromatic N) is 2. The van der Waals surface area contributed by atoms with E-state index in [1.807, 2.05) is 0 Å². The molecule has 1 aliphatic carbocycles. The molecule has 28 heavy (non-hydrogen) atoms. The summed E-state index contributed by atoms with van der Waals surface area (Å²) in [5, 5.41) is 2.84. The van der Waals surface area contributed by atoms with Crippen LogP contribution in [0.5, 0.6) is 0 Å². The molecule has 1 aromatic rings. The monoisotopic (exact) mass is 411 g/mol. The van der Waals surface area contributed by atoms with Crippen molar-refractivity contribution < 1.29 is 22.7 Å². The van der Waals surface area contributed by atoms with E-state index in [4.69, 9.17) is 4.74 Å². The summed E-state index contributed by atoms with van der Waals surface area (Å²) in [5.74, 6) is -0.911. The second-order valence-electron chi connectivity index (χ2n) is 7.73. The largest absolute Gasteiger partial charge is 0.467 e. The summed E-state index contributed by atoms with van der Waals surface area (Å²) in [4.78, 5) is 25.4. The molecular weight excluding hydrogens is 382 g/mol. The van der Waals surface area contributed by atoms with Gasteiger partial charge in [-0.3, -0.25) is 4.79 Å². The zero-order valence-corrected chi connectivity index (χ0v) is 17.4. The van der Waals surface area contributed by atoms with E-state index in [0.717, 1.165) is 38.5 Å². The number of carbonyl (C=O) groups excluding carboxylic acids is 2. The predicted octanol–water partition coefficient (Wildman–Crippen LogP) is 1.81. The smallest absolute Gasteiger partial charge is 0.331 e. The summed E-state index contributed by atoms with van der Waals surface area (Å²) >= 11 is 0. The molecule has 1 saturated carbocycles. The number of carbonyl (C=O) groups is 2. The molecule has 2 fully saturated rings. The molecule has 156 valence electrons. The van der Waals surface area contributed by atoms with Gasteiger partial charge in [0.1, 0.15) is 16.1 Å². The van der Waals surface area contributed by atoms with Crippen molar-refractivity contribution in [3.05, 3.63) is 18.0 Å². The second kappa shape index (κ2) is 8.24. The zero-order chi connectivity index (χ0) is 20.4. The van der Waals surface area contributed by atoms with Gasteiger partial charge in [0, 0.05) is 26.3 Å². The summed E-state index contributed by atoms with van der Waals surface area (Å²) in [6.07, 6.45) is 7.91. The Morgan fingerprint density at radius 1 is 1.07 bits per heavy atom. The van der Waals surface area contributed by atoms with Gasteiger partial charge >= 0.3 is 5.97 Å². The van der Waals surface area contributed by atoms with Gasteiger partial charge < -0.3 is 14.6 Å². The number of aromatic nitrogens is 1. The van der Waals surface area contributed by atoms with Gasteiger partial charge in [-0.05, 0) is 31.7 Å².